The summed E-state index contributed by atoms with van der Waals surface area (Å²) in [5, 5.41) is 13.9. The minimum absolute atomic E-state index is 0.0793. The highest BCUT2D eigenvalue weighted by Gasteiger charge is 2.13. The molecule has 0 saturated heterocycles. The van der Waals surface area contributed by atoms with Crippen LogP contribution < -0.4 is 5.32 Å². The van der Waals surface area contributed by atoms with E-state index in [0.717, 1.165) is 16.3 Å². The zero-order chi connectivity index (χ0) is 13.1. The Balaban J connectivity index is 2.22. The zero-order valence-electron chi connectivity index (χ0n) is 10.1. The molecule has 2 rings (SSSR count). The molecule has 1 N–H and O–H groups in total. The summed E-state index contributed by atoms with van der Waals surface area (Å²) in [7, 11) is 0. The Morgan fingerprint density at radius 3 is 2.94 bits per heavy atom. The van der Waals surface area contributed by atoms with Crippen molar-refractivity contribution >= 4 is 28.1 Å². The molecule has 1 heterocycles. The van der Waals surface area contributed by atoms with Crippen LogP contribution in [0.3, 0.4) is 0 Å². The van der Waals surface area contributed by atoms with Gasteiger partial charge in [-0.25, -0.2) is 0 Å². The lowest BCUT2D eigenvalue weighted by atomic mass is 10.1. The number of aryl methyl sites for hydroxylation is 1. The number of nitrogens with one attached hydrogen (secondary N) is 1. The van der Waals surface area contributed by atoms with E-state index < -0.39 is 0 Å². The second-order valence-corrected chi connectivity index (χ2v) is 5.21. The molecule has 0 amide bonds. The quantitative estimate of drug-likeness (QED) is 0.917. The zero-order valence-corrected chi connectivity index (χ0v) is 11.6. The van der Waals surface area contributed by atoms with Crippen LogP contribution in [0.15, 0.2) is 24.3 Å². The summed E-state index contributed by atoms with van der Waals surface area (Å²) in [6.07, 6.45) is 0. The normalized spacial score (nSPS) is 11.9. The summed E-state index contributed by atoms with van der Waals surface area (Å²) in [6, 6.07) is 9.93. The fourth-order valence-corrected chi connectivity index (χ4v) is 2.69. The summed E-state index contributed by atoms with van der Waals surface area (Å²) < 4.78 is 4.18. The molecule has 0 aliphatic carbocycles. The first kappa shape index (κ1) is 12.9. The van der Waals surface area contributed by atoms with Gasteiger partial charge in [-0.15, -0.1) is 0 Å². The molecule has 5 heteroatoms. The number of nitriles is 1. The maximum absolute atomic E-state index is 9.07. The van der Waals surface area contributed by atoms with Crippen molar-refractivity contribution in [3.05, 3.63) is 46.1 Å². The second-order valence-electron chi connectivity index (χ2n) is 4.00. The van der Waals surface area contributed by atoms with Crippen LogP contribution in [0.2, 0.25) is 5.02 Å². The molecule has 1 aromatic carbocycles. The smallest absolute Gasteiger partial charge is 0.128 e. The number of aromatic nitrogens is 1. The Hall–Kier alpha value is -1.57. The summed E-state index contributed by atoms with van der Waals surface area (Å²) in [5.74, 6) is 0. The van der Waals surface area contributed by atoms with Crippen LogP contribution in [0.25, 0.3) is 0 Å². The van der Waals surface area contributed by atoms with Crippen molar-refractivity contribution in [3.63, 3.8) is 0 Å². The van der Waals surface area contributed by atoms with Gasteiger partial charge in [-0.1, -0.05) is 23.7 Å². The Bertz CT molecular complexity index is 601. The van der Waals surface area contributed by atoms with Gasteiger partial charge in [-0.05, 0) is 43.1 Å². The van der Waals surface area contributed by atoms with Crippen LogP contribution in [0.1, 0.15) is 29.8 Å². The van der Waals surface area contributed by atoms with Crippen molar-refractivity contribution in [1.82, 2.24) is 4.37 Å². The van der Waals surface area contributed by atoms with Crippen LogP contribution in [0.5, 0.6) is 0 Å². The Morgan fingerprint density at radius 1 is 1.50 bits per heavy atom. The van der Waals surface area contributed by atoms with E-state index in [1.54, 1.807) is 0 Å². The van der Waals surface area contributed by atoms with Crippen LogP contribution in [0, 0.1) is 18.3 Å². The second kappa shape index (κ2) is 5.38. The number of halogens is 1. The standard InChI is InChI=1S/C13H12ClN3S/c1-8(10-4-3-5-11(14)6-10)16-13-12(7-15)9(2)17-18-13/h3-6,8,16H,1-2H3. The summed E-state index contributed by atoms with van der Waals surface area (Å²) in [5.41, 5.74) is 2.47. The van der Waals surface area contributed by atoms with Gasteiger partial charge in [0.25, 0.3) is 0 Å². The van der Waals surface area contributed by atoms with Gasteiger partial charge in [-0.3, -0.25) is 0 Å². The van der Waals surface area contributed by atoms with Gasteiger partial charge >= 0.3 is 0 Å². The lowest BCUT2D eigenvalue weighted by Crippen LogP contribution is -2.06. The third-order valence-corrected chi connectivity index (χ3v) is 3.78. The van der Waals surface area contributed by atoms with Gasteiger partial charge in [0.15, 0.2) is 0 Å². The first-order valence-electron chi connectivity index (χ1n) is 5.50. The Morgan fingerprint density at radius 2 is 2.28 bits per heavy atom. The molecular weight excluding hydrogens is 266 g/mol. The van der Waals surface area contributed by atoms with Gasteiger partial charge in [0, 0.05) is 11.1 Å². The number of anilines is 1. The van der Waals surface area contributed by atoms with Crippen molar-refractivity contribution in [2.75, 3.05) is 5.32 Å². The number of hydrogen-bond acceptors (Lipinski definition) is 4. The largest absolute Gasteiger partial charge is 0.368 e. The van der Waals surface area contributed by atoms with E-state index in [2.05, 4.69) is 15.8 Å². The van der Waals surface area contributed by atoms with Crippen molar-refractivity contribution < 1.29 is 0 Å². The highest BCUT2D eigenvalue weighted by atomic mass is 35.5. The maximum Gasteiger partial charge on any atom is 0.128 e. The summed E-state index contributed by atoms with van der Waals surface area (Å²) in [6.45, 7) is 3.87. The van der Waals surface area contributed by atoms with E-state index in [0.29, 0.717) is 10.6 Å². The molecule has 0 fully saturated rings. The van der Waals surface area contributed by atoms with Crippen molar-refractivity contribution in [2.24, 2.45) is 0 Å². The molecule has 1 atom stereocenters. The number of nitrogens with zero attached hydrogens (tertiary/aromatic N) is 2. The predicted molar refractivity (Wildman–Crippen MR) is 75.1 cm³/mol. The van der Waals surface area contributed by atoms with Gasteiger partial charge < -0.3 is 5.32 Å². The Kier molecular flexibility index (Phi) is 3.85. The lowest BCUT2D eigenvalue weighted by molar-refractivity contribution is 0.888. The van der Waals surface area contributed by atoms with E-state index in [-0.39, 0.29) is 6.04 Å². The van der Waals surface area contributed by atoms with Gasteiger partial charge in [-0.2, -0.15) is 9.64 Å². The van der Waals surface area contributed by atoms with Crippen molar-refractivity contribution in [3.8, 4) is 6.07 Å². The SMILES string of the molecule is Cc1nsc(NC(C)c2cccc(Cl)c2)c1C#N. The van der Waals surface area contributed by atoms with E-state index in [1.807, 2.05) is 38.1 Å². The molecule has 1 unspecified atom stereocenters. The predicted octanol–water partition coefficient (Wildman–Crippen LogP) is 4.15. The van der Waals surface area contributed by atoms with Gasteiger partial charge in [0.1, 0.15) is 16.6 Å². The van der Waals surface area contributed by atoms with E-state index in [4.69, 9.17) is 16.9 Å². The highest BCUT2D eigenvalue weighted by Crippen LogP contribution is 2.28. The molecule has 92 valence electrons. The molecular formula is C13H12ClN3S. The topological polar surface area (TPSA) is 48.7 Å². The third kappa shape index (κ3) is 2.63. The molecule has 0 aliphatic rings. The van der Waals surface area contributed by atoms with E-state index in [9.17, 15) is 0 Å². The minimum atomic E-state index is 0.0793. The molecule has 2 aromatic rings. The fourth-order valence-electron chi connectivity index (χ4n) is 1.66. The van der Waals surface area contributed by atoms with Crippen LogP contribution in [-0.2, 0) is 0 Å². The van der Waals surface area contributed by atoms with Crippen LogP contribution >= 0.6 is 23.1 Å². The van der Waals surface area contributed by atoms with Crippen molar-refractivity contribution in [2.45, 2.75) is 19.9 Å². The molecule has 0 radical (unpaired) electrons. The van der Waals surface area contributed by atoms with Crippen LogP contribution in [-0.4, -0.2) is 4.37 Å². The maximum atomic E-state index is 9.07. The third-order valence-electron chi connectivity index (χ3n) is 2.67. The molecule has 18 heavy (non-hydrogen) atoms. The minimum Gasteiger partial charge on any atom is -0.368 e. The monoisotopic (exact) mass is 277 g/mol. The first-order chi connectivity index (χ1) is 8.61. The molecule has 0 saturated carbocycles. The summed E-state index contributed by atoms with van der Waals surface area (Å²) >= 11 is 7.28. The Labute approximate surface area is 115 Å². The number of benzene rings is 1. The molecule has 0 bridgehead atoms. The summed E-state index contributed by atoms with van der Waals surface area (Å²) in [4.78, 5) is 0. The van der Waals surface area contributed by atoms with E-state index >= 15 is 0 Å². The van der Waals surface area contributed by atoms with Crippen LogP contribution in [0.4, 0.5) is 5.00 Å². The van der Waals surface area contributed by atoms with Gasteiger partial charge in [0.05, 0.1) is 5.69 Å². The number of rotatable bonds is 3. The molecule has 0 aliphatic heterocycles. The average molecular weight is 278 g/mol. The molecule has 1 aromatic heterocycles. The van der Waals surface area contributed by atoms with Gasteiger partial charge in [0.2, 0.25) is 0 Å². The molecule has 0 spiro atoms. The van der Waals surface area contributed by atoms with E-state index in [1.165, 1.54) is 11.5 Å². The fraction of sp³-hybridized carbons (Fsp3) is 0.231. The molecule has 3 nitrogen and oxygen atoms in total. The average Bonchev–Trinajstić information content (AvgIpc) is 2.69. The number of hydrogen-bond donors (Lipinski definition) is 1. The van der Waals surface area contributed by atoms with Crippen molar-refractivity contribution in [1.29, 1.82) is 5.26 Å². The lowest BCUT2D eigenvalue weighted by Gasteiger charge is -2.14. The first-order valence-corrected chi connectivity index (χ1v) is 6.65. The highest BCUT2D eigenvalue weighted by molar-refractivity contribution is 7.10.